The van der Waals surface area contributed by atoms with Crippen LogP contribution in [-0.2, 0) is 6.42 Å². The molecule has 1 amide bonds. The third kappa shape index (κ3) is 3.10. The lowest BCUT2D eigenvalue weighted by molar-refractivity contribution is 0.0989. The molecule has 1 N–H and O–H groups in total. The van der Waals surface area contributed by atoms with E-state index in [-0.39, 0.29) is 5.91 Å². The van der Waals surface area contributed by atoms with Crippen LogP contribution in [0.4, 0.5) is 11.4 Å². The average Bonchev–Trinajstić information content (AvgIpc) is 3.11. The highest BCUT2D eigenvalue weighted by atomic mass is 16.3. The van der Waals surface area contributed by atoms with Gasteiger partial charge in [0.1, 0.15) is 0 Å². The number of para-hydroxylation sites is 1. The van der Waals surface area contributed by atoms with E-state index in [1.54, 1.807) is 0 Å². The van der Waals surface area contributed by atoms with Crippen molar-refractivity contribution >= 4 is 17.3 Å². The lowest BCUT2D eigenvalue weighted by Gasteiger charge is -2.25. The third-order valence-corrected chi connectivity index (χ3v) is 5.65. The van der Waals surface area contributed by atoms with Gasteiger partial charge in [-0.15, -0.1) is 0 Å². The summed E-state index contributed by atoms with van der Waals surface area (Å²) >= 11 is 0. The van der Waals surface area contributed by atoms with Gasteiger partial charge in [-0.2, -0.15) is 0 Å². The molecule has 2 aliphatic rings. The SMILES string of the molecule is CN1CCCCCC(O)c2cc(C(=O)N3CCc4ccccc43)ccc21. The molecule has 2 heterocycles. The summed E-state index contributed by atoms with van der Waals surface area (Å²) in [5, 5.41) is 10.7. The summed E-state index contributed by atoms with van der Waals surface area (Å²) in [5.74, 6) is 0.0208. The quantitative estimate of drug-likeness (QED) is 0.847. The highest BCUT2D eigenvalue weighted by molar-refractivity contribution is 6.07. The van der Waals surface area contributed by atoms with Crippen molar-refractivity contribution in [2.75, 3.05) is 29.9 Å². The molecule has 1 atom stereocenters. The molecular formula is C22H26N2O2. The number of hydrogen-bond donors (Lipinski definition) is 1. The first-order chi connectivity index (χ1) is 12.6. The molecule has 0 aliphatic carbocycles. The summed E-state index contributed by atoms with van der Waals surface area (Å²) in [7, 11) is 2.06. The van der Waals surface area contributed by atoms with E-state index in [2.05, 4.69) is 18.0 Å². The van der Waals surface area contributed by atoms with Crippen LogP contribution in [0.3, 0.4) is 0 Å². The number of aliphatic hydroxyl groups is 1. The fourth-order valence-electron chi connectivity index (χ4n) is 4.15. The summed E-state index contributed by atoms with van der Waals surface area (Å²) in [6.07, 6.45) is 4.43. The van der Waals surface area contributed by atoms with Crippen LogP contribution >= 0.6 is 0 Å². The summed E-state index contributed by atoms with van der Waals surface area (Å²) in [5.41, 5.74) is 4.82. The average molecular weight is 350 g/mol. The maximum Gasteiger partial charge on any atom is 0.258 e. The topological polar surface area (TPSA) is 43.8 Å². The van der Waals surface area contributed by atoms with Crippen LogP contribution in [0.5, 0.6) is 0 Å². The van der Waals surface area contributed by atoms with Crippen LogP contribution in [0.1, 0.15) is 53.3 Å². The van der Waals surface area contributed by atoms with Crippen molar-refractivity contribution in [2.24, 2.45) is 0 Å². The Morgan fingerprint density at radius 2 is 1.88 bits per heavy atom. The summed E-state index contributed by atoms with van der Waals surface area (Å²) in [6.45, 7) is 1.70. The minimum Gasteiger partial charge on any atom is -0.388 e. The molecule has 4 heteroatoms. The van der Waals surface area contributed by atoms with Gasteiger partial charge < -0.3 is 14.9 Å². The zero-order chi connectivity index (χ0) is 18.1. The Morgan fingerprint density at radius 3 is 2.77 bits per heavy atom. The highest BCUT2D eigenvalue weighted by Crippen LogP contribution is 2.34. The van der Waals surface area contributed by atoms with Crippen LogP contribution in [-0.4, -0.2) is 31.2 Å². The predicted molar refractivity (Wildman–Crippen MR) is 105 cm³/mol. The van der Waals surface area contributed by atoms with Crippen molar-refractivity contribution in [1.29, 1.82) is 0 Å². The van der Waals surface area contributed by atoms with Gasteiger partial charge in [-0.1, -0.05) is 31.0 Å². The van der Waals surface area contributed by atoms with Crippen molar-refractivity contribution in [1.82, 2.24) is 0 Å². The number of aliphatic hydroxyl groups excluding tert-OH is 1. The number of nitrogens with zero attached hydrogens (tertiary/aromatic N) is 2. The zero-order valence-corrected chi connectivity index (χ0v) is 15.3. The van der Waals surface area contributed by atoms with Crippen molar-refractivity contribution in [3.8, 4) is 0 Å². The Balaban J connectivity index is 1.68. The van der Waals surface area contributed by atoms with Crippen LogP contribution in [0.2, 0.25) is 0 Å². The molecule has 136 valence electrons. The van der Waals surface area contributed by atoms with E-state index in [1.807, 2.05) is 41.3 Å². The molecule has 2 aromatic carbocycles. The van der Waals surface area contributed by atoms with Crippen molar-refractivity contribution in [2.45, 2.75) is 38.2 Å². The molecule has 0 bridgehead atoms. The molecule has 4 nitrogen and oxygen atoms in total. The van der Waals surface area contributed by atoms with E-state index in [1.165, 1.54) is 5.56 Å². The van der Waals surface area contributed by atoms with Gasteiger partial charge in [-0.05, 0) is 49.1 Å². The molecule has 0 spiro atoms. The normalized spacial score (nSPS) is 20.0. The van der Waals surface area contributed by atoms with Crippen LogP contribution in [0.15, 0.2) is 42.5 Å². The van der Waals surface area contributed by atoms with Crippen molar-refractivity contribution in [3.63, 3.8) is 0 Å². The number of carbonyl (C=O) groups is 1. The maximum atomic E-state index is 13.1. The largest absolute Gasteiger partial charge is 0.388 e. The first kappa shape index (κ1) is 17.1. The van der Waals surface area contributed by atoms with E-state index in [0.717, 1.165) is 62.1 Å². The van der Waals surface area contributed by atoms with Crippen molar-refractivity contribution < 1.29 is 9.90 Å². The smallest absolute Gasteiger partial charge is 0.258 e. The molecule has 2 aliphatic heterocycles. The third-order valence-electron chi connectivity index (χ3n) is 5.65. The Hall–Kier alpha value is -2.33. The van der Waals surface area contributed by atoms with Gasteiger partial charge in [0.15, 0.2) is 0 Å². The molecule has 0 fully saturated rings. The Kier molecular flexibility index (Phi) is 4.68. The second kappa shape index (κ2) is 7.12. The van der Waals surface area contributed by atoms with E-state index >= 15 is 0 Å². The number of anilines is 2. The lowest BCUT2D eigenvalue weighted by Crippen LogP contribution is -2.29. The monoisotopic (exact) mass is 350 g/mol. The van der Waals surface area contributed by atoms with Gasteiger partial charge in [-0.25, -0.2) is 0 Å². The van der Waals surface area contributed by atoms with Gasteiger partial charge in [0, 0.05) is 42.6 Å². The number of hydrogen-bond acceptors (Lipinski definition) is 3. The Labute approximate surface area is 155 Å². The van der Waals surface area contributed by atoms with E-state index in [9.17, 15) is 9.90 Å². The van der Waals surface area contributed by atoms with E-state index in [0.29, 0.717) is 5.56 Å². The minimum absolute atomic E-state index is 0.0208. The molecular weight excluding hydrogens is 324 g/mol. The van der Waals surface area contributed by atoms with E-state index < -0.39 is 6.10 Å². The Morgan fingerprint density at radius 1 is 1.04 bits per heavy atom. The summed E-state index contributed by atoms with van der Waals surface area (Å²) in [6, 6.07) is 13.9. The Bertz CT molecular complexity index is 818. The minimum atomic E-state index is -0.510. The number of fused-ring (bicyclic) bond motifs is 2. The standard InChI is InChI=1S/C22H26N2O2/c1-23-13-6-2-3-9-21(25)18-15-17(10-11-20(18)23)22(26)24-14-12-16-7-4-5-8-19(16)24/h4-5,7-8,10-11,15,21,25H,2-3,6,9,12-14H2,1H3. The highest BCUT2D eigenvalue weighted by Gasteiger charge is 2.26. The molecule has 2 aromatic rings. The molecule has 0 saturated carbocycles. The molecule has 0 saturated heterocycles. The summed E-state index contributed by atoms with van der Waals surface area (Å²) in [4.78, 5) is 17.2. The number of carbonyl (C=O) groups excluding carboxylic acids is 1. The van der Waals surface area contributed by atoms with Gasteiger partial charge in [0.2, 0.25) is 0 Å². The second-order valence-corrected chi connectivity index (χ2v) is 7.40. The lowest BCUT2D eigenvalue weighted by atomic mass is 9.99. The van der Waals surface area contributed by atoms with Crippen LogP contribution in [0, 0.1) is 0 Å². The van der Waals surface area contributed by atoms with E-state index in [4.69, 9.17) is 0 Å². The van der Waals surface area contributed by atoms with Crippen LogP contribution < -0.4 is 9.80 Å². The fraction of sp³-hybridized carbons (Fsp3) is 0.409. The molecule has 0 radical (unpaired) electrons. The van der Waals surface area contributed by atoms with Gasteiger partial charge in [0.05, 0.1) is 6.10 Å². The molecule has 4 rings (SSSR count). The zero-order valence-electron chi connectivity index (χ0n) is 15.3. The van der Waals surface area contributed by atoms with Crippen molar-refractivity contribution in [3.05, 3.63) is 59.2 Å². The first-order valence-electron chi connectivity index (χ1n) is 9.58. The summed E-state index contributed by atoms with van der Waals surface area (Å²) < 4.78 is 0. The second-order valence-electron chi connectivity index (χ2n) is 7.40. The first-order valence-corrected chi connectivity index (χ1v) is 9.58. The van der Waals surface area contributed by atoms with Crippen LogP contribution in [0.25, 0.3) is 0 Å². The number of benzene rings is 2. The number of rotatable bonds is 1. The molecule has 26 heavy (non-hydrogen) atoms. The molecule has 0 aromatic heterocycles. The number of amides is 1. The van der Waals surface area contributed by atoms with Gasteiger partial charge in [0.25, 0.3) is 5.91 Å². The van der Waals surface area contributed by atoms with Gasteiger partial charge in [-0.3, -0.25) is 4.79 Å². The maximum absolute atomic E-state index is 13.1. The van der Waals surface area contributed by atoms with Gasteiger partial charge >= 0.3 is 0 Å². The fourth-order valence-corrected chi connectivity index (χ4v) is 4.15. The predicted octanol–water partition coefficient (Wildman–Crippen LogP) is 3.93. The molecule has 1 unspecified atom stereocenters.